The van der Waals surface area contributed by atoms with Crippen LogP contribution in [0.1, 0.15) is 46.0 Å². The van der Waals surface area contributed by atoms with E-state index >= 15 is 0 Å². The lowest BCUT2D eigenvalue weighted by molar-refractivity contribution is -0.185. The second-order valence-electron chi connectivity index (χ2n) is 5.81. The zero-order valence-electron chi connectivity index (χ0n) is 10.3. The Morgan fingerprint density at radius 3 is 2.25 bits per heavy atom. The van der Waals surface area contributed by atoms with Gasteiger partial charge in [-0.3, -0.25) is 0 Å². The van der Waals surface area contributed by atoms with Crippen LogP contribution in [0.15, 0.2) is 0 Å². The van der Waals surface area contributed by atoms with Gasteiger partial charge in [0.05, 0.1) is 18.8 Å². The maximum atomic E-state index is 6.23. The summed E-state index contributed by atoms with van der Waals surface area (Å²) in [7, 11) is 0. The lowest BCUT2D eigenvalue weighted by atomic mass is 9.77. The van der Waals surface area contributed by atoms with Crippen molar-refractivity contribution < 1.29 is 14.2 Å². The summed E-state index contributed by atoms with van der Waals surface area (Å²) >= 11 is 0. The minimum Gasteiger partial charge on any atom is -0.366 e. The summed E-state index contributed by atoms with van der Waals surface area (Å²) < 4.78 is 17.9. The van der Waals surface area contributed by atoms with Crippen LogP contribution in [-0.2, 0) is 14.2 Å². The van der Waals surface area contributed by atoms with Crippen molar-refractivity contribution in [3.8, 4) is 0 Å². The third kappa shape index (κ3) is 1.60. The van der Waals surface area contributed by atoms with Crippen molar-refractivity contribution in [2.45, 2.75) is 63.4 Å². The number of rotatable bonds is 0. The maximum Gasteiger partial charge on any atom is 0.197 e. The summed E-state index contributed by atoms with van der Waals surface area (Å²) in [6.45, 7) is 5.88. The van der Waals surface area contributed by atoms with Crippen LogP contribution in [0.5, 0.6) is 0 Å². The molecule has 3 aliphatic rings. The number of hydrogen-bond donors (Lipinski definition) is 0. The lowest BCUT2D eigenvalue weighted by Gasteiger charge is -2.35. The first-order valence-corrected chi connectivity index (χ1v) is 6.60. The van der Waals surface area contributed by atoms with E-state index in [1.807, 2.05) is 0 Å². The van der Waals surface area contributed by atoms with E-state index in [0.717, 1.165) is 25.6 Å². The Hall–Kier alpha value is -0.120. The van der Waals surface area contributed by atoms with Crippen molar-refractivity contribution in [3.63, 3.8) is 0 Å². The van der Waals surface area contributed by atoms with Crippen molar-refractivity contribution in [1.29, 1.82) is 0 Å². The van der Waals surface area contributed by atoms with E-state index in [-0.39, 0.29) is 11.7 Å². The van der Waals surface area contributed by atoms with Gasteiger partial charge in [-0.1, -0.05) is 6.92 Å². The minimum atomic E-state index is -0.416. The van der Waals surface area contributed by atoms with E-state index in [1.54, 1.807) is 0 Å². The van der Waals surface area contributed by atoms with Gasteiger partial charge in [0.25, 0.3) is 0 Å². The molecule has 0 N–H and O–H groups in total. The van der Waals surface area contributed by atoms with Gasteiger partial charge < -0.3 is 14.2 Å². The standard InChI is InChI=1S/C13H22O3/c1-10-3-5-12(6-4-10)9-13(11(2)16-12)14-7-8-15-13/h10-11H,3-9H2,1-2H3. The smallest absolute Gasteiger partial charge is 0.197 e. The van der Waals surface area contributed by atoms with E-state index in [1.165, 1.54) is 25.7 Å². The third-order valence-corrected chi connectivity index (χ3v) is 4.58. The number of ether oxygens (including phenoxy) is 3. The second-order valence-corrected chi connectivity index (χ2v) is 5.81. The molecular weight excluding hydrogens is 204 g/mol. The molecule has 2 spiro atoms. The zero-order chi connectivity index (χ0) is 11.2. The van der Waals surface area contributed by atoms with Crippen molar-refractivity contribution in [2.24, 2.45) is 5.92 Å². The third-order valence-electron chi connectivity index (χ3n) is 4.58. The van der Waals surface area contributed by atoms with Gasteiger partial charge in [0.2, 0.25) is 0 Å². The first-order chi connectivity index (χ1) is 7.64. The lowest BCUT2D eigenvalue weighted by Crippen LogP contribution is -2.38. The molecule has 2 saturated heterocycles. The molecule has 2 aliphatic heterocycles. The van der Waals surface area contributed by atoms with Crippen molar-refractivity contribution in [1.82, 2.24) is 0 Å². The summed E-state index contributed by atoms with van der Waals surface area (Å²) in [5, 5.41) is 0. The molecule has 0 aromatic carbocycles. The monoisotopic (exact) mass is 226 g/mol. The Bertz CT molecular complexity index is 262. The summed E-state index contributed by atoms with van der Waals surface area (Å²) in [4.78, 5) is 0. The average Bonchev–Trinajstić information content (AvgIpc) is 2.81. The Labute approximate surface area is 97.4 Å². The molecule has 3 nitrogen and oxygen atoms in total. The van der Waals surface area contributed by atoms with E-state index in [2.05, 4.69) is 13.8 Å². The Kier molecular flexibility index (Phi) is 2.54. The van der Waals surface area contributed by atoms with Crippen LogP contribution < -0.4 is 0 Å². The van der Waals surface area contributed by atoms with Gasteiger partial charge in [-0.2, -0.15) is 0 Å². The van der Waals surface area contributed by atoms with Gasteiger partial charge in [-0.15, -0.1) is 0 Å². The summed E-state index contributed by atoms with van der Waals surface area (Å²) in [6, 6.07) is 0. The fraction of sp³-hybridized carbons (Fsp3) is 1.00. The van der Waals surface area contributed by atoms with E-state index < -0.39 is 5.79 Å². The van der Waals surface area contributed by atoms with Crippen LogP contribution in [0, 0.1) is 5.92 Å². The second kappa shape index (κ2) is 3.69. The van der Waals surface area contributed by atoms with E-state index in [9.17, 15) is 0 Å². The molecule has 2 heterocycles. The summed E-state index contributed by atoms with van der Waals surface area (Å²) in [6.07, 6.45) is 5.93. The highest BCUT2D eigenvalue weighted by atomic mass is 16.8. The quantitative estimate of drug-likeness (QED) is 0.635. The largest absolute Gasteiger partial charge is 0.366 e. The van der Waals surface area contributed by atoms with Crippen molar-refractivity contribution in [3.05, 3.63) is 0 Å². The topological polar surface area (TPSA) is 27.7 Å². The Morgan fingerprint density at radius 1 is 1.00 bits per heavy atom. The average molecular weight is 226 g/mol. The molecule has 1 saturated carbocycles. The minimum absolute atomic E-state index is 0.0519. The number of hydrogen-bond acceptors (Lipinski definition) is 3. The zero-order valence-corrected chi connectivity index (χ0v) is 10.3. The fourth-order valence-corrected chi connectivity index (χ4v) is 3.49. The highest BCUT2D eigenvalue weighted by Gasteiger charge is 2.58. The molecule has 0 amide bonds. The normalized spacial score (nSPS) is 46.9. The summed E-state index contributed by atoms with van der Waals surface area (Å²) in [5.41, 5.74) is 0.0519. The van der Waals surface area contributed by atoms with Gasteiger partial charge in [-0.05, 0) is 38.5 Å². The molecule has 3 heteroatoms. The van der Waals surface area contributed by atoms with Gasteiger partial charge in [0, 0.05) is 6.42 Å². The van der Waals surface area contributed by atoms with Crippen LogP contribution in [0.3, 0.4) is 0 Å². The molecule has 1 atom stereocenters. The predicted octanol–water partition coefficient (Wildman–Crippen LogP) is 2.49. The molecule has 1 aliphatic carbocycles. The molecule has 0 bridgehead atoms. The van der Waals surface area contributed by atoms with E-state index in [4.69, 9.17) is 14.2 Å². The molecule has 16 heavy (non-hydrogen) atoms. The fourth-order valence-electron chi connectivity index (χ4n) is 3.49. The van der Waals surface area contributed by atoms with Crippen LogP contribution in [0.4, 0.5) is 0 Å². The highest BCUT2D eigenvalue weighted by Crippen LogP contribution is 2.50. The molecule has 0 aromatic heterocycles. The first-order valence-electron chi connectivity index (χ1n) is 6.60. The van der Waals surface area contributed by atoms with Gasteiger partial charge in [0.15, 0.2) is 5.79 Å². The van der Waals surface area contributed by atoms with Crippen molar-refractivity contribution >= 4 is 0 Å². The van der Waals surface area contributed by atoms with E-state index in [0.29, 0.717) is 0 Å². The Morgan fingerprint density at radius 2 is 1.62 bits per heavy atom. The molecule has 0 aromatic rings. The predicted molar refractivity (Wildman–Crippen MR) is 60.2 cm³/mol. The van der Waals surface area contributed by atoms with Crippen molar-refractivity contribution in [2.75, 3.05) is 13.2 Å². The van der Waals surface area contributed by atoms with Gasteiger partial charge in [-0.25, -0.2) is 0 Å². The highest BCUT2D eigenvalue weighted by molar-refractivity contribution is 5.01. The molecule has 1 unspecified atom stereocenters. The molecule has 92 valence electrons. The van der Waals surface area contributed by atoms with Crippen LogP contribution in [0.25, 0.3) is 0 Å². The summed E-state index contributed by atoms with van der Waals surface area (Å²) in [5.74, 6) is 0.437. The SMILES string of the molecule is CC1CCC2(CC1)CC1(OCCO1)C(C)O2. The first kappa shape index (κ1) is 11.0. The molecular formula is C13H22O3. The molecule has 3 rings (SSSR count). The maximum absolute atomic E-state index is 6.23. The van der Waals surface area contributed by atoms with Crippen LogP contribution in [-0.4, -0.2) is 30.7 Å². The molecule has 3 fully saturated rings. The van der Waals surface area contributed by atoms with Gasteiger partial charge >= 0.3 is 0 Å². The van der Waals surface area contributed by atoms with Crippen LogP contribution >= 0.6 is 0 Å². The van der Waals surface area contributed by atoms with Crippen LogP contribution in [0.2, 0.25) is 0 Å². The van der Waals surface area contributed by atoms with Gasteiger partial charge in [0.1, 0.15) is 6.10 Å². The molecule has 0 radical (unpaired) electrons. The Balaban J connectivity index is 1.75.